The van der Waals surface area contributed by atoms with Gasteiger partial charge in [-0.2, -0.15) is 0 Å². The fraction of sp³-hybridized carbons (Fsp3) is 0.100. The van der Waals surface area contributed by atoms with Gasteiger partial charge in [0.05, 0.1) is 33.5 Å². The van der Waals surface area contributed by atoms with Crippen LogP contribution in [0.4, 0.5) is 0 Å². The van der Waals surface area contributed by atoms with Crippen LogP contribution in [-0.4, -0.2) is 19.1 Å². The number of hydrogen-bond acceptors (Lipinski definition) is 2. The van der Waals surface area contributed by atoms with Crippen molar-refractivity contribution < 1.29 is 0 Å². The summed E-state index contributed by atoms with van der Waals surface area (Å²) in [5.41, 5.74) is 11.6. The Balaban J connectivity index is 0.000000464. The van der Waals surface area contributed by atoms with Crippen LogP contribution in [0.25, 0.3) is 83.2 Å². The summed E-state index contributed by atoms with van der Waals surface area (Å²) < 4.78 is 4.77. The molecule has 6 aromatic carbocycles. The summed E-state index contributed by atoms with van der Waals surface area (Å²) >= 11 is 0. The van der Waals surface area contributed by atoms with E-state index >= 15 is 0 Å². The van der Waals surface area contributed by atoms with Gasteiger partial charge in [0.15, 0.2) is 5.82 Å². The Morgan fingerprint density at radius 1 is 0.438 bits per heavy atom. The van der Waals surface area contributed by atoms with Crippen LogP contribution >= 0.6 is 0 Å². The van der Waals surface area contributed by atoms with E-state index in [1.807, 2.05) is 108 Å². The lowest BCUT2D eigenvalue weighted by molar-refractivity contribution is 1.15. The van der Waals surface area contributed by atoms with Crippen LogP contribution in [0.5, 0.6) is 0 Å². The monoisotopic (exact) mass is 834 g/mol. The Morgan fingerprint density at radius 2 is 0.953 bits per heavy atom. The van der Waals surface area contributed by atoms with Gasteiger partial charge in [0, 0.05) is 44.0 Å². The third-order valence-corrected chi connectivity index (χ3v) is 10.6. The first-order valence-corrected chi connectivity index (χ1v) is 21.9. The first-order chi connectivity index (χ1) is 31.5. The molecule has 0 amide bonds. The van der Waals surface area contributed by atoms with E-state index in [1.54, 1.807) is 12.2 Å². The molecule has 0 saturated heterocycles. The molecule has 0 atom stereocenters. The largest absolute Gasteiger partial charge is 0.309 e. The van der Waals surface area contributed by atoms with Crippen LogP contribution in [0.1, 0.15) is 47.2 Å². The number of benzene rings is 6. The second-order valence-corrected chi connectivity index (χ2v) is 14.8. The number of fused-ring (bicyclic) bond motifs is 6. The number of allylic oxidation sites excluding steroid dienone is 12. The highest BCUT2D eigenvalue weighted by Crippen LogP contribution is 2.40. The smallest absolute Gasteiger partial charge is 0.160 e. The molecule has 0 radical (unpaired) electrons. The van der Waals surface area contributed by atoms with Crippen LogP contribution in [0.15, 0.2) is 232 Å². The van der Waals surface area contributed by atoms with Gasteiger partial charge in [0.2, 0.25) is 0 Å². The molecule has 0 aliphatic heterocycles. The van der Waals surface area contributed by atoms with Crippen molar-refractivity contribution in [3.8, 4) is 34.0 Å². The lowest BCUT2D eigenvalue weighted by Crippen LogP contribution is -1.98. The van der Waals surface area contributed by atoms with Gasteiger partial charge < -0.3 is 9.13 Å². The molecule has 3 heterocycles. The highest BCUT2D eigenvalue weighted by Gasteiger charge is 2.19. The summed E-state index contributed by atoms with van der Waals surface area (Å²) in [5, 5.41) is 4.96. The minimum Gasteiger partial charge on any atom is -0.309 e. The molecule has 9 aromatic rings. The average Bonchev–Trinajstić information content (AvgIpc) is 3.86. The van der Waals surface area contributed by atoms with E-state index in [4.69, 9.17) is 9.97 Å². The van der Waals surface area contributed by atoms with Gasteiger partial charge in [-0.25, -0.2) is 9.97 Å². The zero-order valence-corrected chi connectivity index (χ0v) is 38.0. The van der Waals surface area contributed by atoms with Crippen LogP contribution < -0.4 is 0 Å². The van der Waals surface area contributed by atoms with E-state index in [0.29, 0.717) is 5.82 Å². The lowest BCUT2D eigenvalue weighted by Gasteiger charge is -2.12. The van der Waals surface area contributed by atoms with Crippen molar-refractivity contribution in [2.45, 2.75) is 41.5 Å². The minimum atomic E-state index is 0.687. The summed E-state index contributed by atoms with van der Waals surface area (Å²) in [7, 11) is 0. The summed E-state index contributed by atoms with van der Waals surface area (Å²) in [6.45, 7) is 19.4. The van der Waals surface area contributed by atoms with Crippen molar-refractivity contribution >= 4 is 49.2 Å². The Morgan fingerprint density at radius 3 is 1.44 bits per heavy atom. The predicted molar refractivity (Wildman–Crippen MR) is 281 cm³/mol. The van der Waals surface area contributed by atoms with Crippen molar-refractivity contribution in [2.75, 3.05) is 0 Å². The Kier molecular flexibility index (Phi) is 16.3. The van der Waals surface area contributed by atoms with E-state index in [9.17, 15) is 0 Å². The van der Waals surface area contributed by atoms with Gasteiger partial charge in [-0.3, -0.25) is 0 Å². The topological polar surface area (TPSA) is 35.6 Å². The van der Waals surface area contributed by atoms with Gasteiger partial charge in [0.1, 0.15) is 0 Å². The number of hydrogen-bond donors (Lipinski definition) is 0. The molecule has 0 fully saturated rings. The van der Waals surface area contributed by atoms with Gasteiger partial charge in [-0.05, 0) is 102 Å². The molecule has 0 N–H and O–H groups in total. The van der Waals surface area contributed by atoms with Crippen LogP contribution in [0.3, 0.4) is 0 Å². The maximum atomic E-state index is 5.06. The molecule has 64 heavy (non-hydrogen) atoms. The van der Waals surface area contributed by atoms with E-state index in [-0.39, 0.29) is 0 Å². The highest BCUT2D eigenvalue weighted by atomic mass is 15.0. The SMILES string of the molecule is C/C=C\C.C/C=C\C.C=C/C=C(\C=C/C)c1cc(-c2ccc(-n3c4ccccc4c4cc5c6ccccc6n(-c6ccccc6)c5cc43)cc2)nc(-c2ccccc2)n1.C=C/C=C\C. The molecule has 0 aliphatic rings. The van der Waals surface area contributed by atoms with E-state index in [2.05, 4.69) is 162 Å². The predicted octanol–water partition coefficient (Wildman–Crippen LogP) is 17.1. The first-order valence-electron chi connectivity index (χ1n) is 21.9. The van der Waals surface area contributed by atoms with Gasteiger partial charge >= 0.3 is 0 Å². The van der Waals surface area contributed by atoms with E-state index in [1.165, 1.54) is 38.1 Å². The number of rotatable bonds is 8. The summed E-state index contributed by atoms with van der Waals surface area (Å²) in [5.74, 6) is 0.687. The van der Waals surface area contributed by atoms with Crippen molar-refractivity contribution in [3.05, 3.63) is 237 Å². The molecule has 0 spiro atoms. The molecular weight excluding hydrogens is 777 g/mol. The van der Waals surface area contributed by atoms with Gasteiger partial charge in [-0.15, -0.1) is 0 Å². The molecule has 4 nitrogen and oxygen atoms in total. The van der Waals surface area contributed by atoms with Crippen molar-refractivity contribution in [1.29, 1.82) is 0 Å². The summed E-state index contributed by atoms with van der Waals surface area (Å²) in [6.07, 6.45) is 21.4. The van der Waals surface area contributed by atoms with E-state index in [0.717, 1.165) is 45.0 Å². The highest BCUT2D eigenvalue weighted by molar-refractivity contribution is 6.19. The zero-order valence-electron chi connectivity index (χ0n) is 38.0. The Bertz CT molecular complexity index is 3100. The maximum Gasteiger partial charge on any atom is 0.160 e. The Labute approximate surface area is 379 Å². The third kappa shape index (κ3) is 10.3. The van der Waals surface area contributed by atoms with E-state index < -0.39 is 0 Å². The van der Waals surface area contributed by atoms with Crippen molar-refractivity contribution in [1.82, 2.24) is 19.1 Å². The average molecular weight is 835 g/mol. The number of para-hydroxylation sites is 3. The molecule has 0 unspecified atom stereocenters. The van der Waals surface area contributed by atoms with Gasteiger partial charge in [-0.1, -0.05) is 177 Å². The summed E-state index contributed by atoms with van der Waals surface area (Å²) in [6, 6.07) is 53.8. The first kappa shape index (κ1) is 45.7. The van der Waals surface area contributed by atoms with Crippen LogP contribution in [0, 0.1) is 0 Å². The van der Waals surface area contributed by atoms with Crippen LogP contribution in [-0.2, 0) is 0 Å². The second kappa shape index (κ2) is 22.9. The molecule has 318 valence electrons. The lowest BCUT2D eigenvalue weighted by atomic mass is 10.1. The Hall–Kier alpha value is -7.82. The minimum absolute atomic E-state index is 0.687. The molecular formula is C60H58N4. The number of nitrogens with zero attached hydrogens (tertiary/aromatic N) is 4. The van der Waals surface area contributed by atoms with Gasteiger partial charge in [0.25, 0.3) is 0 Å². The zero-order chi connectivity index (χ0) is 45.3. The molecule has 3 aromatic heterocycles. The fourth-order valence-electron chi connectivity index (χ4n) is 7.47. The second-order valence-electron chi connectivity index (χ2n) is 14.8. The molecule has 9 rings (SSSR count). The number of aromatic nitrogens is 4. The summed E-state index contributed by atoms with van der Waals surface area (Å²) in [4.78, 5) is 10.0. The molecule has 4 heteroatoms. The quantitative estimate of drug-likeness (QED) is 0.113. The normalized spacial score (nSPS) is 11.6. The molecule has 0 aliphatic carbocycles. The molecule has 0 saturated carbocycles. The third-order valence-electron chi connectivity index (χ3n) is 10.6. The molecule has 0 bridgehead atoms. The van der Waals surface area contributed by atoms with Crippen molar-refractivity contribution in [2.24, 2.45) is 0 Å². The van der Waals surface area contributed by atoms with Crippen molar-refractivity contribution in [3.63, 3.8) is 0 Å². The fourth-order valence-corrected chi connectivity index (χ4v) is 7.47. The maximum absolute atomic E-state index is 5.06. The standard InChI is InChI=1S/C47H34N4.C5H8.2C4H8/c1-3-15-32(16-4-2)41-30-42(49-47(48-41)34-17-7-5-8-18-34)33-25-27-36(28-26-33)51-44-24-14-12-22-38(44)40-29-39-37-21-11-13-23-43(37)50(45(39)31-46(40)51)35-19-9-6-10-20-35;1-3-5-4-2;2*1-3-4-2/h3-31H,1H2,2H3;3-5H,1H2,2H3;2*3-4H,1-2H3/b16-4-,32-15+;5-4-;2*4-3-. The van der Waals surface area contributed by atoms with Crippen LogP contribution in [0.2, 0.25) is 0 Å².